The summed E-state index contributed by atoms with van der Waals surface area (Å²) in [7, 11) is 0. The van der Waals surface area contributed by atoms with E-state index in [1.807, 2.05) is 13.8 Å². The summed E-state index contributed by atoms with van der Waals surface area (Å²) in [6.07, 6.45) is 0.904. The number of rotatable bonds is 3. The Morgan fingerprint density at radius 2 is 2.31 bits per heavy atom. The Morgan fingerprint density at radius 1 is 1.56 bits per heavy atom. The summed E-state index contributed by atoms with van der Waals surface area (Å²) in [4.78, 5) is 10.3. The number of hydrogen-bond donors (Lipinski definition) is 0. The molecule has 0 aliphatic heterocycles. The van der Waals surface area contributed by atoms with Crippen LogP contribution in [0.5, 0.6) is 0 Å². The zero-order valence-electron chi connectivity index (χ0n) is 9.12. The van der Waals surface area contributed by atoms with Crippen molar-refractivity contribution in [1.82, 2.24) is 15.0 Å². The molecule has 16 heavy (non-hydrogen) atoms. The first-order valence-corrected chi connectivity index (χ1v) is 5.12. The van der Waals surface area contributed by atoms with Crippen LogP contribution < -0.4 is 0 Å². The van der Waals surface area contributed by atoms with Gasteiger partial charge in [-0.1, -0.05) is 12.1 Å². The molecule has 1 aromatic carbocycles. The lowest BCUT2D eigenvalue weighted by Gasteiger charge is -2.08. The molecule has 1 atom stereocenters. The van der Waals surface area contributed by atoms with E-state index in [1.54, 1.807) is 10.7 Å². The first kappa shape index (κ1) is 10.5. The summed E-state index contributed by atoms with van der Waals surface area (Å²) in [6, 6.07) is 4.77. The molecule has 0 saturated heterocycles. The SMILES string of the molecule is CCC(C)n1nnc2ccc([N+](=O)[O-])cc21. The monoisotopic (exact) mass is 220 g/mol. The molecule has 0 bridgehead atoms. The lowest BCUT2D eigenvalue weighted by molar-refractivity contribution is -0.384. The van der Waals surface area contributed by atoms with Crippen LogP contribution in [0.1, 0.15) is 26.3 Å². The number of nitrogens with zero attached hydrogens (tertiary/aromatic N) is 4. The van der Waals surface area contributed by atoms with Gasteiger partial charge in [0.25, 0.3) is 5.69 Å². The minimum atomic E-state index is -0.409. The molecule has 84 valence electrons. The summed E-state index contributed by atoms with van der Waals surface area (Å²) >= 11 is 0. The molecule has 2 aromatic rings. The first-order chi connectivity index (χ1) is 7.63. The largest absolute Gasteiger partial charge is 0.271 e. The third-order valence-corrected chi connectivity index (χ3v) is 2.67. The van der Waals surface area contributed by atoms with E-state index in [-0.39, 0.29) is 11.7 Å². The van der Waals surface area contributed by atoms with E-state index < -0.39 is 4.92 Å². The Morgan fingerprint density at radius 3 is 2.94 bits per heavy atom. The fourth-order valence-electron chi connectivity index (χ4n) is 1.54. The van der Waals surface area contributed by atoms with Crippen molar-refractivity contribution in [2.24, 2.45) is 0 Å². The van der Waals surface area contributed by atoms with Crippen molar-refractivity contribution in [3.05, 3.63) is 28.3 Å². The van der Waals surface area contributed by atoms with Gasteiger partial charge in [-0.15, -0.1) is 5.10 Å². The first-order valence-electron chi connectivity index (χ1n) is 5.12. The van der Waals surface area contributed by atoms with Gasteiger partial charge in [-0.2, -0.15) is 0 Å². The van der Waals surface area contributed by atoms with Crippen LogP contribution in [-0.2, 0) is 0 Å². The van der Waals surface area contributed by atoms with Crippen LogP contribution in [0.3, 0.4) is 0 Å². The van der Waals surface area contributed by atoms with Crippen LogP contribution in [-0.4, -0.2) is 19.9 Å². The van der Waals surface area contributed by atoms with Gasteiger partial charge in [0.1, 0.15) is 5.52 Å². The number of nitro groups is 1. The summed E-state index contributed by atoms with van der Waals surface area (Å²) < 4.78 is 1.72. The maximum Gasteiger partial charge on any atom is 0.271 e. The van der Waals surface area contributed by atoms with Gasteiger partial charge in [0.15, 0.2) is 0 Å². The third-order valence-electron chi connectivity index (χ3n) is 2.67. The standard InChI is InChI=1S/C10H12N4O2/c1-3-7(2)13-10-6-8(14(15)16)4-5-9(10)11-12-13/h4-7H,3H2,1-2H3. The second-order valence-electron chi connectivity index (χ2n) is 3.72. The van der Waals surface area contributed by atoms with Crippen molar-refractivity contribution < 1.29 is 4.92 Å². The highest BCUT2D eigenvalue weighted by Gasteiger charge is 2.13. The highest BCUT2D eigenvalue weighted by Crippen LogP contribution is 2.22. The lowest BCUT2D eigenvalue weighted by atomic mass is 10.2. The molecule has 0 radical (unpaired) electrons. The molecule has 0 saturated carbocycles. The van der Waals surface area contributed by atoms with Crippen LogP contribution in [0.2, 0.25) is 0 Å². The number of hydrogen-bond acceptors (Lipinski definition) is 4. The molecular formula is C10H12N4O2. The van der Waals surface area contributed by atoms with E-state index in [0.29, 0.717) is 11.0 Å². The number of fused-ring (bicyclic) bond motifs is 1. The third kappa shape index (κ3) is 1.62. The predicted octanol–water partition coefficient (Wildman–Crippen LogP) is 2.31. The molecule has 1 heterocycles. The van der Waals surface area contributed by atoms with Crippen LogP contribution in [0.4, 0.5) is 5.69 Å². The van der Waals surface area contributed by atoms with Crippen molar-refractivity contribution >= 4 is 16.7 Å². The van der Waals surface area contributed by atoms with E-state index in [1.165, 1.54) is 12.1 Å². The fraction of sp³-hybridized carbons (Fsp3) is 0.400. The van der Waals surface area contributed by atoms with Crippen LogP contribution in [0.15, 0.2) is 18.2 Å². The summed E-state index contributed by atoms with van der Waals surface area (Å²) in [5.41, 5.74) is 1.47. The normalized spacial score (nSPS) is 12.9. The van der Waals surface area contributed by atoms with Gasteiger partial charge in [0, 0.05) is 12.1 Å². The molecule has 0 aliphatic carbocycles. The topological polar surface area (TPSA) is 73.8 Å². The van der Waals surface area contributed by atoms with Gasteiger partial charge in [-0.05, 0) is 19.4 Å². The van der Waals surface area contributed by atoms with Crippen molar-refractivity contribution in [1.29, 1.82) is 0 Å². The molecule has 0 spiro atoms. The fourth-order valence-corrected chi connectivity index (χ4v) is 1.54. The number of aromatic nitrogens is 3. The highest BCUT2D eigenvalue weighted by atomic mass is 16.6. The van der Waals surface area contributed by atoms with Crippen molar-refractivity contribution in [2.75, 3.05) is 0 Å². The zero-order chi connectivity index (χ0) is 11.7. The maximum absolute atomic E-state index is 10.7. The number of benzene rings is 1. The Labute approximate surface area is 92.0 Å². The summed E-state index contributed by atoms with van der Waals surface area (Å²) in [5.74, 6) is 0. The molecule has 2 rings (SSSR count). The summed E-state index contributed by atoms with van der Waals surface area (Å²) in [5, 5.41) is 18.7. The molecule has 0 amide bonds. The van der Waals surface area contributed by atoms with Gasteiger partial charge in [0.05, 0.1) is 16.5 Å². The molecular weight excluding hydrogens is 208 g/mol. The van der Waals surface area contributed by atoms with E-state index in [4.69, 9.17) is 0 Å². The molecule has 6 nitrogen and oxygen atoms in total. The van der Waals surface area contributed by atoms with Gasteiger partial charge in [-0.3, -0.25) is 10.1 Å². The van der Waals surface area contributed by atoms with Gasteiger partial charge >= 0.3 is 0 Å². The zero-order valence-corrected chi connectivity index (χ0v) is 9.12. The quantitative estimate of drug-likeness (QED) is 0.587. The van der Waals surface area contributed by atoms with Crippen LogP contribution in [0.25, 0.3) is 11.0 Å². The van der Waals surface area contributed by atoms with Crippen molar-refractivity contribution in [3.63, 3.8) is 0 Å². The van der Waals surface area contributed by atoms with E-state index in [2.05, 4.69) is 10.3 Å². The molecule has 0 fully saturated rings. The predicted molar refractivity (Wildman–Crippen MR) is 59.2 cm³/mol. The van der Waals surface area contributed by atoms with Gasteiger partial charge in [0.2, 0.25) is 0 Å². The molecule has 0 aliphatic rings. The van der Waals surface area contributed by atoms with E-state index in [0.717, 1.165) is 6.42 Å². The molecule has 1 unspecified atom stereocenters. The number of nitro benzene ring substituents is 1. The Kier molecular flexibility index (Phi) is 2.55. The smallest absolute Gasteiger partial charge is 0.258 e. The van der Waals surface area contributed by atoms with Crippen LogP contribution >= 0.6 is 0 Å². The van der Waals surface area contributed by atoms with E-state index in [9.17, 15) is 10.1 Å². The minimum absolute atomic E-state index is 0.0688. The summed E-state index contributed by atoms with van der Waals surface area (Å²) in [6.45, 7) is 4.04. The van der Waals surface area contributed by atoms with Crippen molar-refractivity contribution in [3.8, 4) is 0 Å². The Bertz CT molecular complexity index is 535. The Hall–Kier alpha value is -1.98. The average molecular weight is 220 g/mol. The highest BCUT2D eigenvalue weighted by molar-refractivity contribution is 5.77. The minimum Gasteiger partial charge on any atom is -0.258 e. The Balaban J connectivity index is 2.60. The molecule has 6 heteroatoms. The average Bonchev–Trinajstić information content (AvgIpc) is 2.70. The van der Waals surface area contributed by atoms with Crippen molar-refractivity contribution in [2.45, 2.75) is 26.3 Å². The maximum atomic E-state index is 10.7. The van der Waals surface area contributed by atoms with E-state index >= 15 is 0 Å². The van der Waals surface area contributed by atoms with Crippen LogP contribution in [0, 0.1) is 10.1 Å². The van der Waals surface area contributed by atoms with Gasteiger partial charge in [-0.25, -0.2) is 4.68 Å². The molecule has 0 N–H and O–H groups in total. The second-order valence-corrected chi connectivity index (χ2v) is 3.72. The van der Waals surface area contributed by atoms with Gasteiger partial charge < -0.3 is 0 Å². The number of non-ortho nitro benzene ring substituents is 1. The lowest BCUT2D eigenvalue weighted by Crippen LogP contribution is -2.05. The second kappa shape index (κ2) is 3.88. The molecule has 1 aromatic heterocycles.